The van der Waals surface area contributed by atoms with Crippen LogP contribution in [0.3, 0.4) is 0 Å². The van der Waals surface area contributed by atoms with Gasteiger partial charge < -0.3 is 5.32 Å². The van der Waals surface area contributed by atoms with E-state index in [1.54, 1.807) is 0 Å². The van der Waals surface area contributed by atoms with Crippen molar-refractivity contribution in [3.8, 4) is 11.1 Å². The first-order valence-electron chi connectivity index (χ1n) is 5.87. The highest BCUT2D eigenvalue weighted by molar-refractivity contribution is 5.70. The summed E-state index contributed by atoms with van der Waals surface area (Å²) in [5.74, 6) is 0. The molecule has 2 nitrogen and oxygen atoms in total. The van der Waals surface area contributed by atoms with Crippen LogP contribution in [-0.4, -0.2) is 12.0 Å². The third kappa shape index (κ3) is 2.53. The van der Waals surface area contributed by atoms with E-state index in [1.165, 1.54) is 27.8 Å². The first-order valence-corrected chi connectivity index (χ1v) is 5.87. The second kappa shape index (κ2) is 5.11. The highest BCUT2D eigenvalue weighted by Crippen LogP contribution is 2.27. The molecule has 2 rings (SSSR count). The quantitative estimate of drug-likeness (QED) is 0.870. The van der Waals surface area contributed by atoms with Gasteiger partial charge in [-0.15, -0.1) is 0 Å². The molecule has 2 aromatic rings. The maximum absolute atomic E-state index is 4.15. The average molecular weight is 226 g/mol. The van der Waals surface area contributed by atoms with E-state index in [2.05, 4.69) is 48.4 Å². The maximum Gasteiger partial charge on any atom is 0.0303 e. The number of benzene rings is 1. The first-order chi connectivity index (χ1) is 8.22. The third-order valence-electron chi connectivity index (χ3n) is 2.94. The van der Waals surface area contributed by atoms with Crippen LogP contribution in [0.25, 0.3) is 11.1 Å². The van der Waals surface area contributed by atoms with Crippen LogP contribution in [0.15, 0.2) is 36.7 Å². The number of hydrogen-bond acceptors (Lipinski definition) is 2. The largest absolute Gasteiger partial charge is 0.316 e. The summed E-state index contributed by atoms with van der Waals surface area (Å²) in [6.07, 6.45) is 3.77. The molecule has 0 unspecified atom stereocenters. The summed E-state index contributed by atoms with van der Waals surface area (Å²) < 4.78 is 0. The summed E-state index contributed by atoms with van der Waals surface area (Å²) in [5, 5.41) is 3.22. The summed E-state index contributed by atoms with van der Waals surface area (Å²) in [4.78, 5) is 4.15. The van der Waals surface area contributed by atoms with Crippen molar-refractivity contribution in [3.05, 3.63) is 53.3 Å². The highest BCUT2D eigenvalue weighted by Gasteiger charge is 2.07. The van der Waals surface area contributed by atoms with E-state index in [-0.39, 0.29) is 0 Å². The molecule has 0 aliphatic heterocycles. The van der Waals surface area contributed by atoms with Gasteiger partial charge in [0, 0.05) is 18.9 Å². The Morgan fingerprint density at radius 3 is 2.65 bits per heavy atom. The third-order valence-corrected chi connectivity index (χ3v) is 2.94. The van der Waals surface area contributed by atoms with Crippen LogP contribution >= 0.6 is 0 Å². The van der Waals surface area contributed by atoms with Crippen molar-refractivity contribution in [3.63, 3.8) is 0 Å². The van der Waals surface area contributed by atoms with Crippen molar-refractivity contribution in [2.45, 2.75) is 20.4 Å². The Balaban J connectivity index is 2.57. The molecular formula is C15H18N2. The monoisotopic (exact) mass is 226 g/mol. The van der Waals surface area contributed by atoms with Gasteiger partial charge in [0.1, 0.15) is 0 Å². The number of rotatable bonds is 3. The molecule has 0 spiro atoms. The van der Waals surface area contributed by atoms with Crippen molar-refractivity contribution in [1.82, 2.24) is 10.3 Å². The Hall–Kier alpha value is -1.67. The predicted molar refractivity (Wildman–Crippen MR) is 71.9 cm³/mol. The van der Waals surface area contributed by atoms with Gasteiger partial charge in [0.05, 0.1) is 0 Å². The van der Waals surface area contributed by atoms with E-state index in [4.69, 9.17) is 0 Å². The van der Waals surface area contributed by atoms with Gasteiger partial charge in [-0.25, -0.2) is 0 Å². The predicted octanol–water partition coefficient (Wildman–Crippen LogP) is 3.08. The zero-order chi connectivity index (χ0) is 12.3. The van der Waals surface area contributed by atoms with Crippen LogP contribution < -0.4 is 5.32 Å². The van der Waals surface area contributed by atoms with Crippen LogP contribution in [0.2, 0.25) is 0 Å². The lowest BCUT2D eigenvalue weighted by Gasteiger charge is -2.12. The number of hydrogen-bond donors (Lipinski definition) is 1. The Kier molecular flexibility index (Phi) is 3.55. The summed E-state index contributed by atoms with van der Waals surface area (Å²) in [7, 11) is 1.98. The second-order valence-electron chi connectivity index (χ2n) is 4.38. The minimum atomic E-state index is 0.886. The molecule has 0 aliphatic rings. The molecule has 2 heteroatoms. The minimum Gasteiger partial charge on any atom is -0.316 e. The summed E-state index contributed by atoms with van der Waals surface area (Å²) >= 11 is 0. The van der Waals surface area contributed by atoms with Crippen molar-refractivity contribution < 1.29 is 0 Å². The summed E-state index contributed by atoms with van der Waals surface area (Å²) in [6.45, 7) is 5.12. The fourth-order valence-corrected chi connectivity index (χ4v) is 2.06. The van der Waals surface area contributed by atoms with Crippen LogP contribution in [0.1, 0.15) is 16.7 Å². The molecule has 1 aromatic heterocycles. The SMILES string of the molecule is CNCc1ccc(C)cc1-c1ccncc1C. The fraction of sp³-hybridized carbons (Fsp3) is 0.267. The molecule has 1 aromatic carbocycles. The molecule has 0 saturated carbocycles. The van der Waals surface area contributed by atoms with Gasteiger partial charge in [0.25, 0.3) is 0 Å². The molecule has 88 valence electrons. The highest BCUT2D eigenvalue weighted by atomic mass is 14.8. The lowest BCUT2D eigenvalue weighted by molar-refractivity contribution is 0.819. The van der Waals surface area contributed by atoms with Crippen molar-refractivity contribution in [2.24, 2.45) is 0 Å². The molecule has 0 fully saturated rings. The van der Waals surface area contributed by atoms with Crippen LogP contribution in [0, 0.1) is 13.8 Å². The molecule has 0 amide bonds. The molecule has 17 heavy (non-hydrogen) atoms. The van der Waals surface area contributed by atoms with E-state index in [0.717, 1.165) is 6.54 Å². The van der Waals surface area contributed by atoms with E-state index < -0.39 is 0 Å². The molecule has 0 aliphatic carbocycles. The van der Waals surface area contributed by atoms with Crippen LogP contribution in [0.4, 0.5) is 0 Å². The second-order valence-corrected chi connectivity index (χ2v) is 4.38. The van der Waals surface area contributed by atoms with Crippen LogP contribution in [0.5, 0.6) is 0 Å². The molecular weight excluding hydrogens is 208 g/mol. The molecule has 0 saturated heterocycles. The molecule has 0 radical (unpaired) electrons. The van der Waals surface area contributed by atoms with Gasteiger partial charge in [0.15, 0.2) is 0 Å². The normalized spacial score (nSPS) is 10.5. The average Bonchev–Trinajstić information content (AvgIpc) is 2.32. The van der Waals surface area contributed by atoms with Gasteiger partial charge in [-0.1, -0.05) is 23.8 Å². The fourth-order valence-electron chi connectivity index (χ4n) is 2.06. The summed E-state index contributed by atoms with van der Waals surface area (Å²) in [6, 6.07) is 8.69. The first kappa shape index (κ1) is 11.8. The van der Waals surface area contributed by atoms with Gasteiger partial charge in [-0.3, -0.25) is 4.98 Å². The van der Waals surface area contributed by atoms with E-state index in [9.17, 15) is 0 Å². The maximum atomic E-state index is 4.15. The summed E-state index contributed by atoms with van der Waals surface area (Å²) in [5.41, 5.74) is 6.41. The van der Waals surface area contributed by atoms with Crippen molar-refractivity contribution >= 4 is 0 Å². The molecule has 1 N–H and O–H groups in total. The Morgan fingerprint density at radius 1 is 1.12 bits per heavy atom. The molecule has 0 atom stereocenters. The van der Waals surface area contributed by atoms with Gasteiger partial charge >= 0.3 is 0 Å². The molecule has 0 bridgehead atoms. The molecule has 1 heterocycles. The number of nitrogens with zero attached hydrogens (tertiary/aromatic N) is 1. The zero-order valence-electron chi connectivity index (χ0n) is 10.6. The number of aryl methyl sites for hydroxylation is 2. The number of nitrogens with one attached hydrogen (secondary N) is 1. The Bertz CT molecular complexity index is 518. The van der Waals surface area contributed by atoms with E-state index in [0.29, 0.717) is 0 Å². The number of aromatic nitrogens is 1. The van der Waals surface area contributed by atoms with Crippen LogP contribution in [-0.2, 0) is 6.54 Å². The van der Waals surface area contributed by atoms with E-state index in [1.807, 2.05) is 19.4 Å². The van der Waals surface area contributed by atoms with Crippen molar-refractivity contribution in [1.29, 1.82) is 0 Å². The Morgan fingerprint density at radius 2 is 1.94 bits per heavy atom. The smallest absolute Gasteiger partial charge is 0.0303 e. The Labute approximate surface area is 103 Å². The van der Waals surface area contributed by atoms with Gasteiger partial charge in [-0.05, 0) is 49.2 Å². The lowest BCUT2D eigenvalue weighted by atomic mass is 9.95. The van der Waals surface area contributed by atoms with Gasteiger partial charge in [-0.2, -0.15) is 0 Å². The standard InChI is InChI=1S/C15H18N2/c1-11-4-5-13(10-16-3)15(8-11)14-6-7-17-9-12(14)2/h4-9,16H,10H2,1-3H3. The van der Waals surface area contributed by atoms with Crippen molar-refractivity contribution in [2.75, 3.05) is 7.05 Å². The lowest BCUT2D eigenvalue weighted by Crippen LogP contribution is -2.06. The number of pyridine rings is 1. The van der Waals surface area contributed by atoms with Gasteiger partial charge in [0.2, 0.25) is 0 Å². The van der Waals surface area contributed by atoms with E-state index >= 15 is 0 Å². The zero-order valence-corrected chi connectivity index (χ0v) is 10.6. The topological polar surface area (TPSA) is 24.9 Å². The minimum absolute atomic E-state index is 0.886.